The van der Waals surface area contributed by atoms with Crippen LogP contribution >= 0.6 is 0 Å². The van der Waals surface area contributed by atoms with Gasteiger partial charge in [0, 0.05) is 25.0 Å². The molecule has 1 aromatic carbocycles. The molecule has 0 saturated carbocycles. The summed E-state index contributed by atoms with van der Waals surface area (Å²) in [4.78, 5) is 21.2. The summed E-state index contributed by atoms with van der Waals surface area (Å²) in [5.41, 5.74) is 2.65. The molecule has 2 aromatic heterocycles. The fourth-order valence-corrected chi connectivity index (χ4v) is 2.86. The van der Waals surface area contributed by atoms with Gasteiger partial charge in [0.2, 0.25) is 0 Å². The van der Waals surface area contributed by atoms with Gasteiger partial charge in [0.15, 0.2) is 5.65 Å². The number of benzene rings is 1. The smallest absolute Gasteiger partial charge is 0.315 e. The molecule has 0 aliphatic carbocycles. The van der Waals surface area contributed by atoms with Crippen molar-refractivity contribution in [2.45, 2.75) is 46.6 Å². The summed E-state index contributed by atoms with van der Waals surface area (Å²) in [6.45, 7) is 10.9. The Bertz CT molecular complexity index is 987. The topological polar surface area (TPSA) is 96.8 Å². The molecule has 8 heteroatoms. The zero-order valence-corrected chi connectivity index (χ0v) is 17.7. The van der Waals surface area contributed by atoms with Crippen molar-refractivity contribution in [1.29, 1.82) is 0 Å². The van der Waals surface area contributed by atoms with Gasteiger partial charge in [0.1, 0.15) is 11.6 Å². The second kappa shape index (κ2) is 8.46. The van der Waals surface area contributed by atoms with Gasteiger partial charge in [-0.1, -0.05) is 24.6 Å². The minimum atomic E-state index is -0.267. The molecule has 0 fully saturated rings. The van der Waals surface area contributed by atoms with Crippen molar-refractivity contribution in [2.75, 3.05) is 18.4 Å². The molecule has 154 valence electrons. The van der Waals surface area contributed by atoms with Gasteiger partial charge in [-0.3, -0.25) is 0 Å². The fraction of sp³-hybridized carbons (Fsp3) is 0.429. The molecule has 3 rings (SSSR count). The molecular weight excluding hydrogens is 366 g/mol. The van der Waals surface area contributed by atoms with E-state index < -0.39 is 0 Å². The Balaban J connectivity index is 1.76. The summed E-state index contributed by atoms with van der Waals surface area (Å²) in [6, 6.07) is 7.98. The van der Waals surface area contributed by atoms with Gasteiger partial charge in [-0.25, -0.2) is 19.4 Å². The standard InChI is InChI=1S/C21H29N7O/c1-6-17-25-18(22-11-12-23-20(29)27-21(3,4)5)16-13-24-28(19(16)26-17)15-9-7-14(2)8-10-15/h7-10,13H,6,11-12H2,1-5H3,(H,22,25,26)(H2,23,27,29). The van der Waals surface area contributed by atoms with Gasteiger partial charge < -0.3 is 16.0 Å². The summed E-state index contributed by atoms with van der Waals surface area (Å²) in [7, 11) is 0. The minimum absolute atomic E-state index is 0.187. The van der Waals surface area contributed by atoms with Crippen molar-refractivity contribution < 1.29 is 4.79 Å². The Morgan fingerprint density at radius 3 is 2.48 bits per heavy atom. The molecule has 0 radical (unpaired) electrons. The van der Waals surface area contributed by atoms with Gasteiger partial charge in [0.05, 0.1) is 17.3 Å². The zero-order valence-electron chi connectivity index (χ0n) is 17.7. The van der Waals surface area contributed by atoms with Crippen molar-refractivity contribution in [3.8, 4) is 5.69 Å². The molecule has 0 saturated heterocycles. The van der Waals surface area contributed by atoms with E-state index >= 15 is 0 Å². The Morgan fingerprint density at radius 1 is 1.10 bits per heavy atom. The van der Waals surface area contributed by atoms with Crippen LogP contribution in [0.1, 0.15) is 39.1 Å². The summed E-state index contributed by atoms with van der Waals surface area (Å²) < 4.78 is 1.83. The number of urea groups is 1. The second-order valence-electron chi connectivity index (χ2n) is 8.03. The molecule has 0 spiro atoms. The van der Waals surface area contributed by atoms with Gasteiger partial charge in [-0.2, -0.15) is 5.10 Å². The number of fused-ring (bicyclic) bond motifs is 1. The molecule has 0 aliphatic heterocycles. The van der Waals surface area contributed by atoms with Crippen LogP contribution in [0.5, 0.6) is 0 Å². The molecular formula is C21H29N7O. The predicted molar refractivity (Wildman–Crippen MR) is 116 cm³/mol. The quantitative estimate of drug-likeness (QED) is 0.557. The van der Waals surface area contributed by atoms with Crippen LogP contribution in [0.2, 0.25) is 0 Å². The van der Waals surface area contributed by atoms with Crippen molar-refractivity contribution in [3.05, 3.63) is 41.9 Å². The number of anilines is 1. The molecule has 29 heavy (non-hydrogen) atoms. The number of rotatable bonds is 6. The van der Waals surface area contributed by atoms with Crippen LogP contribution in [-0.2, 0) is 6.42 Å². The molecule has 2 heterocycles. The Labute approximate surface area is 171 Å². The minimum Gasteiger partial charge on any atom is -0.368 e. The Kier molecular flexibility index (Phi) is 6.00. The zero-order chi connectivity index (χ0) is 21.0. The SMILES string of the molecule is CCc1nc(NCCNC(=O)NC(C)(C)C)c2cnn(-c3ccc(C)cc3)c2n1. The van der Waals surface area contributed by atoms with Crippen LogP contribution in [-0.4, -0.2) is 44.4 Å². The third-order valence-electron chi connectivity index (χ3n) is 4.26. The molecule has 0 unspecified atom stereocenters. The van der Waals surface area contributed by atoms with Crippen molar-refractivity contribution in [3.63, 3.8) is 0 Å². The number of aromatic nitrogens is 4. The molecule has 3 N–H and O–H groups in total. The number of hydrogen-bond acceptors (Lipinski definition) is 5. The highest BCUT2D eigenvalue weighted by Crippen LogP contribution is 2.23. The van der Waals surface area contributed by atoms with Crippen LogP contribution in [0.15, 0.2) is 30.5 Å². The van der Waals surface area contributed by atoms with E-state index in [-0.39, 0.29) is 11.6 Å². The lowest BCUT2D eigenvalue weighted by atomic mass is 10.1. The van der Waals surface area contributed by atoms with Crippen molar-refractivity contribution in [1.82, 2.24) is 30.4 Å². The predicted octanol–water partition coefficient (Wildman–Crippen LogP) is 3.20. The third kappa shape index (κ3) is 5.22. The first-order valence-electron chi connectivity index (χ1n) is 9.88. The highest BCUT2D eigenvalue weighted by molar-refractivity contribution is 5.87. The van der Waals surface area contributed by atoms with Crippen LogP contribution in [0.3, 0.4) is 0 Å². The summed E-state index contributed by atoms with van der Waals surface area (Å²) >= 11 is 0. The number of nitrogens with one attached hydrogen (secondary N) is 3. The van der Waals surface area contributed by atoms with E-state index in [1.165, 1.54) is 5.56 Å². The summed E-state index contributed by atoms with van der Waals surface area (Å²) in [5, 5.41) is 14.4. The molecule has 0 bridgehead atoms. The number of hydrogen-bond donors (Lipinski definition) is 3. The van der Waals surface area contributed by atoms with Gasteiger partial charge in [-0.15, -0.1) is 0 Å². The maximum atomic E-state index is 11.9. The Hall–Kier alpha value is -3.16. The fourth-order valence-electron chi connectivity index (χ4n) is 2.86. The molecule has 2 amide bonds. The molecule has 0 atom stereocenters. The second-order valence-corrected chi connectivity index (χ2v) is 8.03. The van der Waals surface area contributed by atoms with Crippen LogP contribution in [0, 0.1) is 6.92 Å². The maximum Gasteiger partial charge on any atom is 0.315 e. The number of nitrogens with zero attached hydrogens (tertiary/aromatic N) is 4. The summed E-state index contributed by atoms with van der Waals surface area (Å²) in [6.07, 6.45) is 2.49. The first kappa shape index (κ1) is 20.6. The lowest BCUT2D eigenvalue weighted by Crippen LogP contribution is -2.47. The highest BCUT2D eigenvalue weighted by atomic mass is 16.2. The Morgan fingerprint density at radius 2 is 1.83 bits per heavy atom. The largest absolute Gasteiger partial charge is 0.368 e. The van der Waals surface area contributed by atoms with Gasteiger partial charge in [-0.05, 0) is 39.8 Å². The number of aryl methyl sites for hydroxylation is 2. The van der Waals surface area contributed by atoms with E-state index in [9.17, 15) is 4.79 Å². The number of amides is 2. The van der Waals surface area contributed by atoms with E-state index in [0.717, 1.165) is 34.8 Å². The van der Waals surface area contributed by atoms with Gasteiger partial charge >= 0.3 is 6.03 Å². The summed E-state index contributed by atoms with van der Waals surface area (Å²) in [5.74, 6) is 1.47. The maximum absolute atomic E-state index is 11.9. The van der Waals surface area contributed by atoms with E-state index in [1.807, 2.05) is 44.5 Å². The number of carbonyl (C=O) groups is 1. The first-order valence-corrected chi connectivity index (χ1v) is 9.88. The van der Waals surface area contributed by atoms with Crippen molar-refractivity contribution in [2.24, 2.45) is 0 Å². The lowest BCUT2D eigenvalue weighted by molar-refractivity contribution is 0.232. The van der Waals surface area contributed by atoms with E-state index in [2.05, 4.69) is 50.1 Å². The van der Waals surface area contributed by atoms with E-state index in [4.69, 9.17) is 0 Å². The monoisotopic (exact) mass is 395 g/mol. The average molecular weight is 396 g/mol. The van der Waals surface area contributed by atoms with Crippen LogP contribution in [0.25, 0.3) is 16.7 Å². The lowest BCUT2D eigenvalue weighted by Gasteiger charge is -2.20. The van der Waals surface area contributed by atoms with Gasteiger partial charge in [0.25, 0.3) is 0 Å². The van der Waals surface area contributed by atoms with Crippen LogP contribution in [0.4, 0.5) is 10.6 Å². The average Bonchev–Trinajstić information content (AvgIpc) is 3.08. The van der Waals surface area contributed by atoms with Crippen molar-refractivity contribution >= 4 is 22.9 Å². The molecule has 8 nitrogen and oxygen atoms in total. The normalized spacial score (nSPS) is 11.5. The van der Waals surface area contributed by atoms with Crippen LogP contribution < -0.4 is 16.0 Å². The van der Waals surface area contributed by atoms with E-state index in [0.29, 0.717) is 13.1 Å². The molecule has 3 aromatic rings. The number of carbonyl (C=O) groups excluding carboxylic acids is 1. The molecule has 0 aliphatic rings. The third-order valence-corrected chi connectivity index (χ3v) is 4.26. The first-order chi connectivity index (χ1) is 13.8. The van der Waals surface area contributed by atoms with E-state index in [1.54, 1.807) is 6.20 Å². The highest BCUT2D eigenvalue weighted by Gasteiger charge is 2.15.